The van der Waals surface area contributed by atoms with Crippen molar-refractivity contribution in [2.24, 2.45) is 0 Å². The third-order valence-electron chi connectivity index (χ3n) is 11.5. The van der Waals surface area contributed by atoms with Crippen LogP contribution in [0.25, 0.3) is 0 Å². The van der Waals surface area contributed by atoms with Crippen LogP contribution in [-0.2, 0) is 38.5 Å². The molecule has 0 aliphatic carbocycles. The fraction of sp³-hybridized carbons (Fsp3) is 0.556. The molecule has 0 bridgehead atoms. The van der Waals surface area contributed by atoms with Crippen molar-refractivity contribution in [3.63, 3.8) is 0 Å². The summed E-state index contributed by atoms with van der Waals surface area (Å²) in [5.41, 5.74) is 7.11. The van der Waals surface area contributed by atoms with Crippen molar-refractivity contribution in [3.05, 3.63) is 118 Å². The fourth-order valence-corrected chi connectivity index (χ4v) is 8.30. The van der Waals surface area contributed by atoms with Crippen LogP contribution in [0.5, 0.6) is 23.0 Å². The second-order valence-electron chi connectivity index (χ2n) is 16.9. The lowest BCUT2D eigenvalue weighted by Crippen LogP contribution is -2.23. The summed E-state index contributed by atoms with van der Waals surface area (Å²) in [6.45, 7) is 13.3. The van der Waals surface area contributed by atoms with Gasteiger partial charge in [-0.15, -0.1) is 0 Å². The molecule has 318 valence electrons. The van der Waals surface area contributed by atoms with Gasteiger partial charge in [-0.25, -0.2) is 0 Å². The zero-order chi connectivity index (χ0) is 41.4. The van der Waals surface area contributed by atoms with Gasteiger partial charge in [-0.3, -0.25) is 0 Å². The standard InChI is InChI=1S/C54H78O4/c1-7-10-13-16-19-28-45-31-22-25-34-52(45)56-42(4)39-48-37-38-51(55)50(41-44(6)58-54-36-27-24-33-47(54)30-21-18-15-12-9-3)49(48)40-43(5)57-53-35-26-23-32-46(53)29-20-17-14-11-8-2/h22-27,31-38,42-44,55H,7-21,28-30,39-41H2,1-6H3. The smallest absolute Gasteiger partial charge is 0.122 e. The molecule has 0 fully saturated rings. The number of para-hydroxylation sites is 3. The van der Waals surface area contributed by atoms with Gasteiger partial charge in [0.2, 0.25) is 0 Å². The predicted octanol–water partition coefficient (Wildman–Crippen LogP) is 15.0. The fourth-order valence-electron chi connectivity index (χ4n) is 8.30. The Bertz CT molecular complexity index is 1710. The highest BCUT2D eigenvalue weighted by Gasteiger charge is 2.22. The van der Waals surface area contributed by atoms with E-state index in [0.29, 0.717) is 18.6 Å². The molecule has 3 atom stereocenters. The number of aryl methyl sites for hydroxylation is 3. The monoisotopic (exact) mass is 791 g/mol. The third kappa shape index (κ3) is 16.4. The molecule has 4 aromatic carbocycles. The van der Waals surface area contributed by atoms with Crippen LogP contribution in [-0.4, -0.2) is 23.4 Å². The van der Waals surface area contributed by atoms with Crippen molar-refractivity contribution in [1.29, 1.82) is 0 Å². The molecule has 1 N–H and O–H groups in total. The van der Waals surface area contributed by atoms with E-state index in [1.54, 1.807) is 0 Å². The summed E-state index contributed by atoms with van der Waals surface area (Å²) < 4.78 is 20.2. The van der Waals surface area contributed by atoms with E-state index in [1.807, 2.05) is 6.07 Å². The second-order valence-corrected chi connectivity index (χ2v) is 16.9. The quantitative estimate of drug-likeness (QED) is 0.0535. The van der Waals surface area contributed by atoms with Crippen molar-refractivity contribution >= 4 is 0 Å². The van der Waals surface area contributed by atoms with Gasteiger partial charge in [0.15, 0.2) is 0 Å². The summed E-state index contributed by atoms with van der Waals surface area (Å²) in [5, 5.41) is 11.6. The predicted molar refractivity (Wildman–Crippen MR) is 246 cm³/mol. The minimum absolute atomic E-state index is 0.0556. The van der Waals surface area contributed by atoms with E-state index in [9.17, 15) is 5.11 Å². The topological polar surface area (TPSA) is 47.9 Å². The van der Waals surface area contributed by atoms with Crippen molar-refractivity contribution in [2.75, 3.05) is 0 Å². The largest absolute Gasteiger partial charge is 0.508 e. The summed E-state index contributed by atoms with van der Waals surface area (Å²) in [4.78, 5) is 0. The van der Waals surface area contributed by atoms with E-state index in [2.05, 4.69) is 120 Å². The molecule has 0 aromatic heterocycles. The molecule has 0 heterocycles. The van der Waals surface area contributed by atoms with Crippen LogP contribution in [0.2, 0.25) is 0 Å². The van der Waals surface area contributed by atoms with Gasteiger partial charge in [0.25, 0.3) is 0 Å². The highest BCUT2D eigenvalue weighted by atomic mass is 16.5. The van der Waals surface area contributed by atoms with E-state index >= 15 is 0 Å². The molecular weight excluding hydrogens is 713 g/mol. The van der Waals surface area contributed by atoms with Crippen LogP contribution in [0.15, 0.2) is 84.9 Å². The second kappa shape index (κ2) is 27.0. The molecule has 0 amide bonds. The summed E-state index contributed by atoms with van der Waals surface area (Å²) in [5.74, 6) is 3.23. The zero-order valence-corrected chi connectivity index (χ0v) is 37.3. The summed E-state index contributed by atoms with van der Waals surface area (Å²) in [6.07, 6.45) is 23.6. The van der Waals surface area contributed by atoms with Gasteiger partial charge < -0.3 is 19.3 Å². The summed E-state index contributed by atoms with van der Waals surface area (Å²) in [7, 11) is 0. The Morgan fingerprint density at radius 1 is 0.379 bits per heavy atom. The number of hydrogen-bond donors (Lipinski definition) is 1. The average molecular weight is 791 g/mol. The van der Waals surface area contributed by atoms with E-state index in [0.717, 1.165) is 54.1 Å². The lowest BCUT2D eigenvalue weighted by atomic mass is 9.90. The molecule has 0 saturated heterocycles. The van der Waals surface area contributed by atoms with Gasteiger partial charge in [-0.1, -0.05) is 158 Å². The molecule has 0 radical (unpaired) electrons. The summed E-state index contributed by atoms with van der Waals surface area (Å²) in [6, 6.07) is 29.6. The van der Waals surface area contributed by atoms with Gasteiger partial charge in [0.05, 0.1) is 12.2 Å². The van der Waals surface area contributed by atoms with Crippen LogP contribution in [0.1, 0.15) is 171 Å². The molecule has 0 spiro atoms. The van der Waals surface area contributed by atoms with Gasteiger partial charge in [0, 0.05) is 24.8 Å². The Kier molecular flexibility index (Phi) is 21.7. The molecule has 3 unspecified atom stereocenters. The van der Waals surface area contributed by atoms with Crippen LogP contribution >= 0.6 is 0 Å². The first-order valence-corrected chi connectivity index (χ1v) is 23.4. The third-order valence-corrected chi connectivity index (χ3v) is 11.5. The minimum Gasteiger partial charge on any atom is -0.508 e. The van der Waals surface area contributed by atoms with Crippen LogP contribution < -0.4 is 14.2 Å². The Labute approximate surface area is 354 Å². The van der Waals surface area contributed by atoms with Crippen molar-refractivity contribution < 1.29 is 19.3 Å². The first-order valence-electron chi connectivity index (χ1n) is 23.4. The maximum absolute atomic E-state index is 11.6. The zero-order valence-electron chi connectivity index (χ0n) is 37.3. The maximum atomic E-state index is 11.6. The van der Waals surface area contributed by atoms with E-state index in [-0.39, 0.29) is 18.3 Å². The van der Waals surface area contributed by atoms with Crippen molar-refractivity contribution in [1.82, 2.24) is 0 Å². The van der Waals surface area contributed by atoms with Crippen LogP contribution in [0, 0.1) is 0 Å². The number of benzene rings is 4. The number of hydrogen-bond acceptors (Lipinski definition) is 4. The molecular formula is C54H78O4. The first kappa shape index (κ1) is 46.8. The van der Waals surface area contributed by atoms with Gasteiger partial charge in [-0.05, 0) is 111 Å². The highest BCUT2D eigenvalue weighted by Crippen LogP contribution is 2.33. The first-order chi connectivity index (χ1) is 28.3. The molecule has 4 aromatic rings. The summed E-state index contributed by atoms with van der Waals surface area (Å²) >= 11 is 0. The lowest BCUT2D eigenvalue weighted by molar-refractivity contribution is 0.208. The Hall–Kier alpha value is -3.92. The van der Waals surface area contributed by atoms with Crippen LogP contribution in [0.4, 0.5) is 0 Å². The number of rotatable bonds is 30. The SMILES string of the molecule is CCCCCCCc1ccccc1OC(C)Cc1ccc(O)c(CC(C)Oc2ccccc2CCCCCCC)c1CC(C)Oc1ccccc1CCCCCCC. The highest BCUT2D eigenvalue weighted by molar-refractivity contribution is 5.46. The lowest BCUT2D eigenvalue weighted by Gasteiger charge is -2.25. The number of phenolic OH excluding ortho intramolecular Hbond substituents is 1. The Balaban J connectivity index is 1.55. The number of phenols is 1. The van der Waals surface area contributed by atoms with Gasteiger partial charge >= 0.3 is 0 Å². The maximum Gasteiger partial charge on any atom is 0.122 e. The van der Waals surface area contributed by atoms with E-state index in [1.165, 1.54) is 119 Å². The molecule has 4 rings (SSSR count). The van der Waals surface area contributed by atoms with E-state index in [4.69, 9.17) is 14.2 Å². The molecule has 0 saturated carbocycles. The number of aromatic hydroxyl groups is 1. The number of ether oxygens (including phenoxy) is 3. The molecule has 4 nitrogen and oxygen atoms in total. The minimum atomic E-state index is -0.135. The van der Waals surface area contributed by atoms with Crippen LogP contribution in [0.3, 0.4) is 0 Å². The average Bonchev–Trinajstić information content (AvgIpc) is 3.21. The van der Waals surface area contributed by atoms with Gasteiger partial charge in [-0.2, -0.15) is 0 Å². The van der Waals surface area contributed by atoms with Crippen molar-refractivity contribution in [2.45, 2.75) is 195 Å². The van der Waals surface area contributed by atoms with Gasteiger partial charge in [0.1, 0.15) is 29.1 Å². The number of unbranched alkanes of at least 4 members (excludes halogenated alkanes) is 12. The Morgan fingerprint density at radius 3 is 1.12 bits per heavy atom. The Morgan fingerprint density at radius 2 is 0.724 bits per heavy atom. The molecule has 58 heavy (non-hydrogen) atoms. The normalized spacial score (nSPS) is 12.9. The molecule has 4 heteroatoms. The van der Waals surface area contributed by atoms with Crippen molar-refractivity contribution in [3.8, 4) is 23.0 Å². The molecule has 0 aliphatic heterocycles. The van der Waals surface area contributed by atoms with E-state index < -0.39 is 0 Å². The molecule has 0 aliphatic rings.